The summed E-state index contributed by atoms with van der Waals surface area (Å²) in [4.78, 5) is 2.40. The summed E-state index contributed by atoms with van der Waals surface area (Å²) >= 11 is 6.55. The maximum Gasteiger partial charge on any atom is 0.0646 e. The number of nitrogens with one attached hydrogen (secondary N) is 1. The van der Waals surface area contributed by atoms with Crippen molar-refractivity contribution in [2.45, 2.75) is 25.8 Å². The second kappa shape index (κ2) is 6.50. The van der Waals surface area contributed by atoms with Crippen LogP contribution in [0.1, 0.15) is 24.0 Å². The van der Waals surface area contributed by atoms with E-state index in [9.17, 15) is 0 Å². The van der Waals surface area contributed by atoms with Crippen molar-refractivity contribution in [2.24, 2.45) is 0 Å². The smallest absolute Gasteiger partial charge is 0.0646 e. The summed E-state index contributed by atoms with van der Waals surface area (Å²) in [5.74, 6) is 0. The van der Waals surface area contributed by atoms with Crippen LogP contribution in [0.2, 0.25) is 5.02 Å². The van der Waals surface area contributed by atoms with Gasteiger partial charge in [0.25, 0.3) is 0 Å². The molecule has 21 heavy (non-hydrogen) atoms. The minimum absolute atomic E-state index is 0.828. The molecule has 2 aromatic carbocycles. The van der Waals surface area contributed by atoms with Crippen LogP contribution < -0.4 is 10.2 Å². The number of aryl methyl sites for hydroxylation is 1. The first-order valence-electron chi connectivity index (χ1n) is 7.58. The molecule has 1 aliphatic heterocycles. The van der Waals surface area contributed by atoms with Gasteiger partial charge in [-0.3, -0.25) is 0 Å². The number of hydrogen-bond donors (Lipinski definition) is 1. The molecular formula is C18H21ClN2. The zero-order valence-electron chi connectivity index (χ0n) is 12.4. The van der Waals surface area contributed by atoms with Crippen LogP contribution in [-0.4, -0.2) is 13.6 Å². The van der Waals surface area contributed by atoms with Crippen molar-refractivity contribution in [3.63, 3.8) is 0 Å². The van der Waals surface area contributed by atoms with Crippen LogP contribution in [0.25, 0.3) is 0 Å². The maximum absolute atomic E-state index is 6.55. The predicted octanol–water partition coefficient (Wildman–Crippen LogP) is 4.53. The highest BCUT2D eigenvalue weighted by atomic mass is 35.5. The van der Waals surface area contributed by atoms with Gasteiger partial charge in [0.2, 0.25) is 0 Å². The zero-order chi connectivity index (χ0) is 14.7. The first-order chi connectivity index (χ1) is 10.3. The van der Waals surface area contributed by atoms with Gasteiger partial charge >= 0.3 is 0 Å². The molecule has 0 bridgehead atoms. The van der Waals surface area contributed by atoms with Crippen LogP contribution in [0.5, 0.6) is 0 Å². The summed E-state index contributed by atoms with van der Waals surface area (Å²) < 4.78 is 0. The van der Waals surface area contributed by atoms with E-state index in [4.69, 9.17) is 11.6 Å². The molecule has 0 aromatic heterocycles. The minimum atomic E-state index is 0.828. The van der Waals surface area contributed by atoms with Crippen molar-refractivity contribution in [1.82, 2.24) is 5.32 Å². The fourth-order valence-corrected chi connectivity index (χ4v) is 3.42. The van der Waals surface area contributed by atoms with Crippen LogP contribution in [0, 0.1) is 0 Å². The molecule has 0 unspecified atom stereocenters. The molecule has 0 amide bonds. The van der Waals surface area contributed by atoms with E-state index in [0.29, 0.717) is 0 Å². The molecule has 0 spiro atoms. The highest BCUT2D eigenvalue weighted by Gasteiger charge is 2.20. The van der Waals surface area contributed by atoms with Gasteiger partial charge in [-0.15, -0.1) is 0 Å². The van der Waals surface area contributed by atoms with E-state index in [1.807, 2.05) is 19.2 Å². The lowest BCUT2D eigenvalue weighted by Crippen LogP contribution is -2.21. The molecule has 2 nitrogen and oxygen atoms in total. The quantitative estimate of drug-likeness (QED) is 0.895. The van der Waals surface area contributed by atoms with Gasteiger partial charge in [0.05, 0.1) is 10.7 Å². The molecule has 0 atom stereocenters. The second-order valence-electron chi connectivity index (χ2n) is 5.52. The first kappa shape index (κ1) is 14.4. The van der Waals surface area contributed by atoms with E-state index in [1.54, 1.807) is 0 Å². The van der Waals surface area contributed by atoms with Crippen molar-refractivity contribution >= 4 is 23.0 Å². The predicted molar refractivity (Wildman–Crippen MR) is 90.6 cm³/mol. The number of anilines is 2. The molecule has 2 aromatic rings. The van der Waals surface area contributed by atoms with Gasteiger partial charge in [0.1, 0.15) is 0 Å². The monoisotopic (exact) mass is 300 g/mol. The summed E-state index contributed by atoms with van der Waals surface area (Å²) in [5, 5.41) is 4.08. The molecular weight excluding hydrogens is 280 g/mol. The van der Waals surface area contributed by atoms with E-state index in [0.717, 1.165) is 30.2 Å². The Balaban J connectivity index is 2.12. The normalized spacial score (nSPS) is 14.7. The number of benzene rings is 2. The molecule has 1 aliphatic rings. The van der Waals surface area contributed by atoms with Gasteiger partial charge in [0.15, 0.2) is 0 Å². The molecule has 1 N–H and O–H groups in total. The Morgan fingerprint density at radius 1 is 1.10 bits per heavy atom. The molecule has 0 saturated carbocycles. The zero-order valence-corrected chi connectivity index (χ0v) is 13.2. The molecule has 110 valence electrons. The molecule has 0 aliphatic carbocycles. The SMILES string of the molecule is CNCc1cccc(Cl)c1N1CCCCc2ccccc21. The topological polar surface area (TPSA) is 15.3 Å². The summed E-state index contributed by atoms with van der Waals surface area (Å²) in [6, 6.07) is 14.9. The maximum atomic E-state index is 6.55. The van der Waals surface area contributed by atoms with Crippen LogP contribution in [-0.2, 0) is 13.0 Å². The Labute approximate surface area is 131 Å². The van der Waals surface area contributed by atoms with Gasteiger partial charge in [-0.1, -0.05) is 41.9 Å². The van der Waals surface area contributed by atoms with Gasteiger partial charge < -0.3 is 10.2 Å². The van der Waals surface area contributed by atoms with Crippen LogP contribution in [0.4, 0.5) is 11.4 Å². The summed E-state index contributed by atoms with van der Waals surface area (Å²) in [6.07, 6.45) is 3.58. The molecule has 3 heteroatoms. The van der Waals surface area contributed by atoms with Crippen molar-refractivity contribution in [3.05, 3.63) is 58.6 Å². The molecule has 3 rings (SSSR count). The van der Waals surface area contributed by atoms with Gasteiger partial charge in [-0.25, -0.2) is 0 Å². The number of para-hydroxylation sites is 2. The van der Waals surface area contributed by atoms with Crippen LogP contribution >= 0.6 is 11.6 Å². The van der Waals surface area contributed by atoms with E-state index >= 15 is 0 Å². The van der Waals surface area contributed by atoms with Gasteiger partial charge in [0, 0.05) is 18.8 Å². The average Bonchev–Trinajstić information content (AvgIpc) is 2.70. The van der Waals surface area contributed by atoms with E-state index in [2.05, 4.69) is 40.5 Å². The number of hydrogen-bond acceptors (Lipinski definition) is 2. The summed E-state index contributed by atoms with van der Waals surface area (Å²) in [7, 11) is 1.97. The van der Waals surface area contributed by atoms with Crippen molar-refractivity contribution in [2.75, 3.05) is 18.5 Å². The Morgan fingerprint density at radius 2 is 1.95 bits per heavy atom. The van der Waals surface area contributed by atoms with Crippen LogP contribution in [0.3, 0.4) is 0 Å². The Morgan fingerprint density at radius 3 is 2.81 bits per heavy atom. The minimum Gasteiger partial charge on any atom is -0.340 e. The fourth-order valence-electron chi connectivity index (χ4n) is 3.12. The summed E-state index contributed by atoms with van der Waals surface area (Å²) in [6.45, 7) is 1.85. The van der Waals surface area contributed by atoms with Gasteiger partial charge in [-0.2, -0.15) is 0 Å². The van der Waals surface area contributed by atoms with Gasteiger partial charge in [-0.05, 0) is 49.6 Å². The highest BCUT2D eigenvalue weighted by Crippen LogP contribution is 2.38. The second-order valence-corrected chi connectivity index (χ2v) is 5.92. The average molecular weight is 301 g/mol. The standard InChI is InChI=1S/C18H21ClN2/c1-20-13-15-9-6-10-16(19)18(15)21-12-5-4-8-14-7-2-3-11-17(14)21/h2-3,6-7,9-11,20H,4-5,8,12-13H2,1H3. The van der Waals surface area contributed by atoms with Crippen molar-refractivity contribution in [1.29, 1.82) is 0 Å². The lowest BCUT2D eigenvalue weighted by atomic mass is 10.1. The largest absolute Gasteiger partial charge is 0.340 e. The third-order valence-corrected chi connectivity index (χ3v) is 4.37. The number of fused-ring (bicyclic) bond motifs is 1. The third kappa shape index (κ3) is 2.92. The molecule has 0 saturated heterocycles. The van der Waals surface area contributed by atoms with E-state index in [1.165, 1.54) is 29.7 Å². The Hall–Kier alpha value is -1.51. The fraction of sp³-hybridized carbons (Fsp3) is 0.333. The lowest BCUT2D eigenvalue weighted by molar-refractivity contribution is 0.755. The number of rotatable bonds is 3. The first-order valence-corrected chi connectivity index (χ1v) is 7.96. The Bertz CT molecular complexity index is 624. The van der Waals surface area contributed by atoms with Crippen LogP contribution in [0.15, 0.2) is 42.5 Å². The third-order valence-electron chi connectivity index (χ3n) is 4.07. The number of nitrogens with zero attached hydrogens (tertiary/aromatic N) is 1. The van der Waals surface area contributed by atoms with Crippen molar-refractivity contribution < 1.29 is 0 Å². The summed E-state index contributed by atoms with van der Waals surface area (Å²) in [5.41, 5.74) is 5.13. The lowest BCUT2D eigenvalue weighted by Gasteiger charge is -2.28. The Kier molecular flexibility index (Phi) is 4.47. The molecule has 1 heterocycles. The molecule has 0 fully saturated rings. The van der Waals surface area contributed by atoms with E-state index < -0.39 is 0 Å². The van der Waals surface area contributed by atoms with E-state index in [-0.39, 0.29) is 0 Å². The number of halogens is 1. The highest BCUT2D eigenvalue weighted by molar-refractivity contribution is 6.33. The molecule has 0 radical (unpaired) electrons. The van der Waals surface area contributed by atoms with Crippen molar-refractivity contribution in [3.8, 4) is 0 Å².